The average molecular weight is 342 g/mol. The first kappa shape index (κ1) is 16.7. The van der Waals surface area contributed by atoms with Gasteiger partial charge in [-0.1, -0.05) is 19.0 Å². The summed E-state index contributed by atoms with van der Waals surface area (Å²) in [7, 11) is 0. The smallest absolute Gasteiger partial charge is 0.261 e. The van der Waals surface area contributed by atoms with Crippen LogP contribution in [0.3, 0.4) is 0 Å². The summed E-state index contributed by atoms with van der Waals surface area (Å²) in [5, 5.41) is 6.53. The van der Waals surface area contributed by atoms with E-state index < -0.39 is 11.5 Å². The molecule has 3 aromatic rings. The summed E-state index contributed by atoms with van der Waals surface area (Å²) >= 11 is 0. The molecule has 2 N–H and O–H groups in total. The highest BCUT2D eigenvalue weighted by Crippen LogP contribution is 2.15. The van der Waals surface area contributed by atoms with Gasteiger partial charge < -0.3 is 19.2 Å². The molecule has 3 rings (SSSR count). The van der Waals surface area contributed by atoms with Crippen LogP contribution in [0.1, 0.15) is 41.8 Å². The summed E-state index contributed by atoms with van der Waals surface area (Å²) in [5.74, 6) is 1.33. The van der Waals surface area contributed by atoms with Gasteiger partial charge in [0.05, 0.1) is 12.0 Å². The van der Waals surface area contributed by atoms with Crippen molar-refractivity contribution in [1.82, 2.24) is 20.4 Å². The number of rotatable bonds is 6. The number of aromatic amines is 1. The number of pyridine rings is 1. The maximum atomic E-state index is 12.1. The Balaban J connectivity index is 1.60. The third-order valence-corrected chi connectivity index (χ3v) is 3.57. The molecule has 0 saturated heterocycles. The van der Waals surface area contributed by atoms with Crippen molar-refractivity contribution in [2.75, 3.05) is 6.54 Å². The number of hydrogen-bond acceptors (Lipinski definition) is 6. The van der Waals surface area contributed by atoms with Crippen molar-refractivity contribution < 1.29 is 13.7 Å². The summed E-state index contributed by atoms with van der Waals surface area (Å²) in [6, 6.07) is 6.54. The maximum absolute atomic E-state index is 12.1. The van der Waals surface area contributed by atoms with E-state index in [1.54, 1.807) is 18.2 Å². The molecule has 0 saturated carbocycles. The van der Waals surface area contributed by atoms with Crippen LogP contribution >= 0.6 is 0 Å². The standard InChI is InChI=1S/C17H18N4O4/c1-10(2)15-20-14(25-21-15)7-8-18-16(22)11-5-6-12(19-17(11)23)13-4-3-9-24-13/h3-6,9-10H,7-8H2,1-2H3,(H,18,22)(H,19,23). The van der Waals surface area contributed by atoms with Crippen molar-refractivity contribution in [1.29, 1.82) is 0 Å². The molecule has 0 bridgehead atoms. The van der Waals surface area contributed by atoms with Gasteiger partial charge in [0.1, 0.15) is 11.3 Å². The van der Waals surface area contributed by atoms with Crippen molar-refractivity contribution >= 4 is 5.91 Å². The van der Waals surface area contributed by atoms with Gasteiger partial charge in [0.15, 0.2) is 5.82 Å². The van der Waals surface area contributed by atoms with E-state index in [0.717, 1.165) is 0 Å². The molecule has 0 aliphatic carbocycles. The van der Waals surface area contributed by atoms with E-state index in [-0.39, 0.29) is 18.0 Å². The highest BCUT2D eigenvalue weighted by atomic mass is 16.5. The number of furan rings is 1. The fourth-order valence-electron chi connectivity index (χ4n) is 2.21. The van der Waals surface area contributed by atoms with Crippen molar-refractivity contribution in [2.45, 2.75) is 26.2 Å². The third-order valence-electron chi connectivity index (χ3n) is 3.57. The van der Waals surface area contributed by atoms with E-state index >= 15 is 0 Å². The monoisotopic (exact) mass is 342 g/mol. The predicted octanol–water partition coefficient (Wildman–Crippen LogP) is 2.11. The molecule has 130 valence electrons. The molecular weight excluding hydrogens is 324 g/mol. The fourth-order valence-corrected chi connectivity index (χ4v) is 2.21. The van der Waals surface area contributed by atoms with Crippen LogP contribution in [0.15, 0.2) is 44.3 Å². The van der Waals surface area contributed by atoms with Gasteiger partial charge in [-0.05, 0) is 24.3 Å². The summed E-state index contributed by atoms with van der Waals surface area (Å²) < 4.78 is 10.3. The lowest BCUT2D eigenvalue weighted by molar-refractivity contribution is 0.0952. The number of carbonyl (C=O) groups is 1. The highest BCUT2D eigenvalue weighted by molar-refractivity contribution is 5.94. The molecule has 0 spiro atoms. The Hall–Kier alpha value is -3.16. The second-order valence-corrected chi connectivity index (χ2v) is 5.80. The number of hydrogen-bond donors (Lipinski definition) is 2. The van der Waals surface area contributed by atoms with Gasteiger partial charge >= 0.3 is 0 Å². The molecule has 8 nitrogen and oxygen atoms in total. The predicted molar refractivity (Wildman–Crippen MR) is 89.2 cm³/mol. The highest BCUT2D eigenvalue weighted by Gasteiger charge is 2.13. The molecule has 0 atom stereocenters. The topological polar surface area (TPSA) is 114 Å². The number of carbonyl (C=O) groups excluding carboxylic acids is 1. The fraction of sp³-hybridized carbons (Fsp3) is 0.294. The van der Waals surface area contributed by atoms with E-state index in [2.05, 4.69) is 20.4 Å². The quantitative estimate of drug-likeness (QED) is 0.709. The lowest BCUT2D eigenvalue weighted by atomic mass is 10.2. The molecule has 0 fully saturated rings. The number of amides is 1. The normalized spacial score (nSPS) is 11.0. The molecule has 25 heavy (non-hydrogen) atoms. The number of aromatic nitrogens is 3. The van der Waals surface area contributed by atoms with Crippen LogP contribution in [0, 0.1) is 0 Å². The molecule has 0 aliphatic rings. The molecule has 0 aliphatic heterocycles. The van der Waals surface area contributed by atoms with Crippen molar-refractivity contribution in [3.05, 3.63) is 58.2 Å². The number of nitrogens with one attached hydrogen (secondary N) is 2. The van der Waals surface area contributed by atoms with Gasteiger partial charge in [0.25, 0.3) is 11.5 Å². The van der Waals surface area contributed by atoms with Gasteiger partial charge in [-0.15, -0.1) is 0 Å². The van der Waals surface area contributed by atoms with E-state index in [0.29, 0.717) is 29.6 Å². The van der Waals surface area contributed by atoms with Gasteiger partial charge in [0, 0.05) is 18.9 Å². The van der Waals surface area contributed by atoms with Gasteiger partial charge in [-0.2, -0.15) is 4.98 Å². The van der Waals surface area contributed by atoms with Crippen molar-refractivity contribution in [3.8, 4) is 11.5 Å². The second-order valence-electron chi connectivity index (χ2n) is 5.80. The maximum Gasteiger partial charge on any atom is 0.261 e. The molecule has 3 aromatic heterocycles. The first-order chi connectivity index (χ1) is 12.0. The Labute approximate surface area is 143 Å². The summed E-state index contributed by atoms with van der Waals surface area (Å²) in [6.07, 6.45) is 1.91. The molecule has 1 amide bonds. The Morgan fingerprint density at radius 2 is 2.16 bits per heavy atom. The lowest BCUT2D eigenvalue weighted by Gasteiger charge is -2.04. The largest absolute Gasteiger partial charge is 0.463 e. The summed E-state index contributed by atoms with van der Waals surface area (Å²) in [5.41, 5.74) is 0.0635. The van der Waals surface area contributed by atoms with Crippen molar-refractivity contribution in [3.63, 3.8) is 0 Å². The zero-order valence-electron chi connectivity index (χ0n) is 13.9. The molecule has 3 heterocycles. The molecule has 0 radical (unpaired) electrons. The van der Waals surface area contributed by atoms with Gasteiger partial charge in [-0.25, -0.2) is 0 Å². The van der Waals surface area contributed by atoms with Crippen LogP contribution in [0.25, 0.3) is 11.5 Å². The van der Waals surface area contributed by atoms with E-state index in [1.807, 2.05) is 13.8 Å². The zero-order valence-corrected chi connectivity index (χ0v) is 13.9. The van der Waals surface area contributed by atoms with Crippen LogP contribution in [-0.2, 0) is 6.42 Å². The van der Waals surface area contributed by atoms with Gasteiger partial charge in [-0.3, -0.25) is 9.59 Å². The van der Waals surface area contributed by atoms with E-state index in [9.17, 15) is 9.59 Å². The molecule has 8 heteroatoms. The van der Waals surface area contributed by atoms with Crippen molar-refractivity contribution in [2.24, 2.45) is 0 Å². The third kappa shape index (κ3) is 3.85. The minimum Gasteiger partial charge on any atom is -0.463 e. The van der Waals surface area contributed by atoms with Crippen LogP contribution in [0.5, 0.6) is 0 Å². The van der Waals surface area contributed by atoms with E-state index in [4.69, 9.17) is 8.94 Å². The number of nitrogens with zero attached hydrogens (tertiary/aromatic N) is 2. The summed E-state index contributed by atoms with van der Waals surface area (Å²) in [6.45, 7) is 4.22. The number of H-pyrrole nitrogens is 1. The minimum absolute atomic E-state index is 0.0312. The Kier molecular flexibility index (Phi) is 4.78. The Morgan fingerprint density at radius 3 is 2.80 bits per heavy atom. The average Bonchev–Trinajstić information content (AvgIpc) is 3.26. The molecule has 0 aromatic carbocycles. The first-order valence-electron chi connectivity index (χ1n) is 7.92. The molecule has 0 unspecified atom stereocenters. The van der Waals surface area contributed by atoms with Crippen LogP contribution < -0.4 is 10.9 Å². The van der Waals surface area contributed by atoms with Crippen LogP contribution in [0.2, 0.25) is 0 Å². The minimum atomic E-state index is -0.480. The van der Waals surface area contributed by atoms with E-state index in [1.165, 1.54) is 12.3 Å². The zero-order chi connectivity index (χ0) is 17.8. The van der Waals surface area contributed by atoms with Gasteiger partial charge in [0.2, 0.25) is 5.89 Å². The van der Waals surface area contributed by atoms with Crippen LogP contribution in [0.4, 0.5) is 0 Å². The Morgan fingerprint density at radius 1 is 1.32 bits per heavy atom. The van der Waals surface area contributed by atoms with Crippen LogP contribution in [-0.4, -0.2) is 27.6 Å². The lowest BCUT2D eigenvalue weighted by Crippen LogP contribution is -2.31. The molecular formula is C17H18N4O4. The first-order valence-corrected chi connectivity index (χ1v) is 7.92. The SMILES string of the molecule is CC(C)c1noc(CCNC(=O)c2ccc(-c3ccco3)[nH]c2=O)n1. The summed E-state index contributed by atoms with van der Waals surface area (Å²) in [4.78, 5) is 31.1. The second kappa shape index (κ2) is 7.16. The Bertz CT molecular complexity index is 909.